The van der Waals surface area contributed by atoms with Crippen molar-refractivity contribution in [1.82, 2.24) is 0 Å². The number of amides is 2. The van der Waals surface area contributed by atoms with E-state index < -0.39 is 34.6 Å². The van der Waals surface area contributed by atoms with Crippen molar-refractivity contribution in [3.63, 3.8) is 0 Å². The molecule has 0 aliphatic carbocycles. The van der Waals surface area contributed by atoms with Gasteiger partial charge in [-0.1, -0.05) is 19.1 Å². The van der Waals surface area contributed by atoms with Crippen molar-refractivity contribution in [3.8, 4) is 0 Å². The van der Waals surface area contributed by atoms with Crippen molar-refractivity contribution >= 4 is 52.9 Å². The molecule has 0 saturated heterocycles. The van der Waals surface area contributed by atoms with E-state index in [0.717, 1.165) is 18.2 Å². The highest BCUT2D eigenvalue weighted by Gasteiger charge is 2.21. The van der Waals surface area contributed by atoms with Crippen LogP contribution >= 0.6 is 11.8 Å². The van der Waals surface area contributed by atoms with Gasteiger partial charge in [-0.15, -0.1) is 11.8 Å². The predicted molar refractivity (Wildman–Crippen MR) is 137 cm³/mol. The third-order valence-electron chi connectivity index (χ3n) is 5.15. The Labute approximate surface area is 215 Å². The summed E-state index contributed by atoms with van der Waals surface area (Å²) in [4.78, 5) is 60.1. The topological polar surface area (TPSA) is 170 Å². The van der Waals surface area contributed by atoms with Gasteiger partial charge in [0.05, 0.1) is 27.5 Å². The van der Waals surface area contributed by atoms with E-state index >= 15 is 0 Å². The second-order valence-corrected chi connectivity index (χ2v) is 9.02. The van der Waals surface area contributed by atoms with E-state index in [9.17, 15) is 29.1 Å². The maximum absolute atomic E-state index is 12.8. The van der Waals surface area contributed by atoms with Crippen molar-refractivity contribution in [1.29, 1.82) is 0 Å². The first-order chi connectivity index (χ1) is 17.6. The van der Waals surface area contributed by atoms with Crippen LogP contribution in [0.4, 0.5) is 11.4 Å². The molecule has 0 aliphatic heterocycles. The molecule has 2 amide bonds. The van der Waals surface area contributed by atoms with E-state index in [2.05, 4.69) is 10.6 Å². The number of carboxylic acid groups (broad SMARTS) is 3. The highest BCUT2D eigenvalue weighted by molar-refractivity contribution is 8.00. The minimum atomic E-state index is -1.44. The molecule has 10 nitrogen and oxygen atoms in total. The van der Waals surface area contributed by atoms with Crippen molar-refractivity contribution in [2.75, 3.05) is 10.6 Å². The first-order valence-corrected chi connectivity index (χ1v) is 11.8. The van der Waals surface area contributed by atoms with Crippen LogP contribution in [0.1, 0.15) is 54.8 Å². The summed E-state index contributed by atoms with van der Waals surface area (Å²) in [7, 11) is 0. The molecule has 0 saturated carbocycles. The quantitative estimate of drug-likeness (QED) is 0.240. The van der Waals surface area contributed by atoms with E-state index in [1.165, 1.54) is 30.0 Å². The molecule has 0 fully saturated rings. The molecule has 1 atom stereocenters. The number of rotatable bonds is 10. The van der Waals surface area contributed by atoms with Gasteiger partial charge in [-0.2, -0.15) is 0 Å². The molecule has 0 bridgehead atoms. The van der Waals surface area contributed by atoms with Gasteiger partial charge in [0.25, 0.3) is 5.91 Å². The summed E-state index contributed by atoms with van der Waals surface area (Å²) in [6.45, 7) is 1.82. The Balaban J connectivity index is 1.74. The second kappa shape index (κ2) is 11.9. The van der Waals surface area contributed by atoms with Crippen LogP contribution in [0.2, 0.25) is 0 Å². The molecule has 5 N–H and O–H groups in total. The number of carboxylic acids is 3. The Hall–Kier alpha value is -4.64. The Kier molecular flexibility index (Phi) is 8.64. The van der Waals surface area contributed by atoms with Gasteiger partial charge in [0.15, 0.2) is 0 Å². The first kappa shape index (κ1) is 27.0. The molecule has 190 valence electrons. The number of anilines is 2. The Morgan fingerprint density at radius 3 is 1.97 bits per heavy atom. The molecule has 0 aromatic heterocycles. The van der Waals surface area contributed by atoms with Gasteiger partial charge in [-0.3, -0.25) is 9.59 Å². The summed E-state index contributed by atoms with van der Waals surface area (Å²) < 4.78 is 0. The van der Waals surface area contributed by atoms with E-state index in [0.29, 0.717) is 22.7 Å². The number of hydrogen-bond donors (Lipinski definition) is 5. The third kappa shape index (κ3) is 6.95. The fourth-order valence-electron chi connectivity index (χ4n) is 3.34. The van der Waals surface area contributed by atoms with Crippen molar-refractivity contribution in [2.45, 2.75) is 23.5 Å². The highest BCUT2D eigenvalue weighted by atomic mass is 32.2. The molecule has 0 aliphatic rings. The number of carbonyl (C=O) groups is 5. The number of aromatic carboxylic acids is 3. The first-order valence-electron chi connectivity index (χ1n) is 10.9. The van der Waals surface area contributed by atoms with Crippen LogP contribution in [0.25, 0.3) is 0 Å². The zero-order valence-corrected chi connectivity index (χ0v) is 20.2. The lowest BCUT2D eigenvalue weighted by Crippen LogP contribution is -2.24. The highest BCUT2D eigenvalue weighted by Crippen LogP contribution is 2.29. The summed E-state index contributed by atoms with van der Waals surface area (Å²) in [5.41, 5.74) is -0.162. The van der Waals surface area contributed by atoms with Crippen LogP contribution in [-0.4, -0.2) is 50.3 Å². The molecule has 3 aromatic carbocycles. The van der Waals surface area contributed by atoms with Crippen LogP contribution in [0.15, 0.2) is 71.6 Å². The summed E-state index contributed by atoms with van der Waals surface area (Å²) in [6.07, 6.45) is 0.462. The normalized spacial score (nSPS) is 11.3. The smallest absolute Gasteiger partial charge is 0.336 e. The Bertz CT molecular complexity index is 1390. The van der Waals surface area contributed by atoms with Crippen LogP contribution < -0.4 is 10.6 Å². The maximum Gasteiger partial charge on any atom is 0.336 e. The monoisotopic (exact) mass is 522 g/mol. The summed E-state index contributed by atoms with van der Waals surface area (Å²) in [5.74, 6) is -4.93. The molecule has 0 radical (unpaired) electrons. The molecular weight excluding hydrogens is 500 g/mol. The minimum Gasteiger partial charge on any atom is -0.478 e. The molecule has 1 unspecified atom stereocenters. The lowest BCUT2D eigenvalue weighted by Gasteiger charge is -2.16. The van der Waals surface area contributed by atoms with E-state index in [1.54, 1.807) is 30.3 Å². The van der Waals surface area contributed by atoms with Crippen LogP contribution in [0.3, 0.4) is 0 Å². The van der Waals surface area contributed by atoms with E-state index in [4.69, 9.17) is 10.2 Å². The average Bonchev–Trinajstić information content (AvgIpc) is 2.87. The predicted octanol–water partition coefficient (Wildman–Crippen LogP) is 4.54. The van der Waals surface area contributed by atoms with Crippen LogP contribution in [0, 0.1) is 0 Å². The van der Waals surface area contributed by atoms with Gasteiger partial charge in [0.1, 0.15) is 0 Å². The largest absolute Gasteiger partial charge is 0.478 e. The van der Waals surface area contributed by atoms with Gasteiger partial charge >= 0.3 is 17.9 Å². The standard InChI is InChI=1S/C26H22N2O8S/c1-2-21(23(30)28-16-6-3-5-14(11-16)24(31)32)37-18-8-4-7-17(13-18)27-22(29)19-10-9-15(25(33)34)12-20(19)26(35)36/h3-13,21H,2H2,1H3,(H,27,29)(H,28,30)(H,31,32)(H,33,34)(H,35,36). The summed E-state index contributed by atoms with van der Waals surface area (Å²) in [5, 5.41) is 32.4. The van der Waals surface area contributed by atoms with Crippen molar-refractivity contribution in [3.05, 3.63) is 89.0 Å². The Morgan fingerprint density at radius 1 is 0.730 bits per heavy atom. The zero-order chi connectivity index (χ0) is 27.1. The maximum atomic E-state index is 12.8. The molecule has 37 heavy (non-hydrogen) atoms. The number of carbonyl (C=O) groups excluding carboxylic acids is 2. The van der Waals surface area contributed by atoms with Gasteiger partial charge in [-0.25, -0.2) is 14.4 Å². The zero-order valence-electron chi connectivity index (χ0n) is 19.4. The minimum absolute atomic E-state index is 0.0469. The molecule has 11 heteroatoms. The van der Waals surface area contributed by atoms with Crippen molar-refractivity contribution < 1.29 is 39.3 Å². The molecule has 3 aromatic rings. The fourth-order valence-corrected chi connectivity index (χ4v) is 4.35. The van der Waals surface area contributed by atoms with E-state index in [-0.39, 0.29) is 22.6 Å². The third-order valence-corrected chi connectivity index (χ3v) is 6.51. The molecule has 0 heterocycles. The summed E-state index contributed by atoms with van der Waals surface area (Å²) in [6, 6.07) is 15.7. The summed E-state index contributed by atoms with van der Waals surface area (Å²) >= 11 is 1.24. The number of nitrogens with one attached hydrogen (secondary N) is 2. The van der Waals surface area contributed by atoms with Gasteiger partial charge in [-0.05, 0) is 61.0 Å². The van der Waals surface area contributed by atoms with Gasteiger partial charge < -0.3 is 26.0 Å². The van der Waals surface area contributed by atoms with Crippen LogP contribution in [0.5, 0.6) is 0 Å². The lowest BCUT2D eigenvalue weighted by atomic mass is 10.0. The molecule has 0 spiro atoms. The molecule has 3 rings (SSSR count). The number of thioether (sulfide) groups is 1. The van der Waals surface area contributed by atoms with Gasteiger partial charge in [0, 0.05) is 16.3 Å². The fraction of sp³-hybridized carbons (Fsp3) is 0.115. The van der Waals surface area contributed by atoms with Gasteiger partial charge in [0.2, 0.25) is 5.91 Å². The molecular formula is C26H22N2O8S. The lowest BCUT2D eigenvalue weighted by molar-refractivity contribution is -0.115. The second-order valence-electron chi connectivity index (χ2n) is 7.74. The van der Waals surface area contributed by atoms with E-state index in [1.807, 2.05) is 6.92 Å². The Morgan fingerprint density at radius 2 is 1.35 bits per heavy atom. The number of hydrogen-bond acceptors (Lipinski definition) is 6. The average molecular weight is 523 g/mol. The SMILES string of the molecule is CCC(Sc1cccc(NC(=O)c2ccc(C(=O)O)cc2C(=O)O)c1)C(=O)Nc1cccc(C(=O)O)c1. The van der Waals surface area contributed by atoms with Crippen molar-refractivity contribution in [2.24, 2.45) is 0 Å². The van der Waals surface area contributed by atoms with Crippen LogP contribution in [-0.2, 0) is 4.79 Å². The number of benzene rings is 3.